The van der Waals surface area contributed by atoms with Gasteiger partial charge in [-0.15, -0.1) is 0 Å². The van der Waals surface area contributed by atoms with Crippen LogP contribution < -0.4 is 10.1 Å². The van der Waals surface area contributed by atoms with E-state index in [-0.39, 0.29) is 18.4 Å². The maximum Gasteiger partial charge on any atom is 0.344 e. The van der Waals surface area contributed by atoms with Gasteiger partial charge in [-0.3, -0.25) is 9.59 Å². The molecule has 0 saturated carbocycles. The number of hydrogen-bond donors (Lipinski definition) is 1. The molecule has 1 amide bonds. The van der Waals surface area contributed by atoms with Gasteiger partial charge in [0.15, 0.2) is 19.0 Å². The van der Waals surface area contributed by atoms with Crippen LogP contribution in [0.15, 0.2) is 42.5 Å². The zero-order chi connectivity index (χ0) is 20.7. The monoisotopic (exact) mass is 423 g/mol. The number of carbonyl (C=O) groups excluding carboxylic acids is 3. The van der Waals surface area contributed by atoms with Gasteiger partial charge in [-0.05, 0) is 55.8 Å². The number of rotatable bonds is 8. The summed E-state index contributed by atoms with van der Waals surface area (Å²) in [5.74, 6) is -0.816. The van der Waals surface area contributed by atoms with Crippen molar-refractivity contribution in [2.75, 3.05) is 13.2 Å². The average Bonchev–Trinajstić information content (AvgIpc) is 2.64. The molecule has 0 aliphatic rings. The Hall–Kier alpha value is -2.57. The number of halogens is 2. The minimum absolute atomic E-state index is 0.0638. The van der Waals surface area contributed by atoms with Crippen molar-refractivity contribution in [3.05, 3.63) is 63.6 Å². The van der Waals surface area contributed by atoms with Gasteiger partial charge in [0.05, 0.1) is 6.04 Å². The Labute approximate surface area is 172 Å². The molecule has 2 aromatic carbocycles. The molecule has 2 aromatic rings. The fourth-order valence-corrected chi connectivity index (χ4v) is 2.90. The van der Waals surface area contributed by atoms with Crippen LogP contribution in [-0.2, 0) is 14.3 Å². The molecule has 0 bridgehead atoms. The van der Waals surface area contributed by atoms with Gasteiger partial charge in [-0.25, -0.2) is 4.79 Å². The molecule has 8 heteroatoms. The molecule has 0 heterocycles. The van der Waals surface area contributed by atoms with Crippen LogP contribution in [0.5, 0.6) is 5.75 Å². The molecule has 1 atom stereocenters. The Morgan fingerprint density at radius 2 is 1.71 bits per heavy atom. The maximum absolute atomic E-state index is 12.0. The first-order valence-corrected chi connectivity index (χ1v) is 9.15. The first-order valence-electron chi connectivity index (χ1n) is 8.40. The largest absolute Gasteiger partial charge is 0.482 e. The van der Waals surface area contributed by atoms with E-state index in [1.807, 2.05) is 0 Å². The summed E-state index contributed by atoms with van der Waals surface area (Å²) in [6, 6.07) is 10.9. The molecule has 28 heavy (non-hydrogen) atoms. The molecular weight excluding hydrogens is 405 g/mol. The van der Waals surface area contributed by atoms with Crippen molar-refractivity contribution < 1.29 is 23.9 Å². The number of esters is 1. The van der Waals surface area contributed by atoms with Gasteiger partial charge in [-0.2, -0.15) is 0 Å². The Kier molecular flexibility index (Phi) is 7.84. The van der Waals surface area contributed by atoms with E-state index in [2.05, 4.69) is 5.32 Å². The predicted molar refractivity (Wildman–Crippen MR) is 106 cm³/mol. The summed E-state index contributed by atoms with van der Waals surface area (Å²) in [6.07, 6.45) is 0. The first-order chi connectivity index (χ1) is 13.3. The van der Waals surface area contributed by atoms with Crippen molar-refractivity contribution >= 4 is 40.9 Å². The second-order valence-corrected chi connectivity index (χ2v) is 6.83. The first kappa shape index (κ1) is 21.7. The lowest BCUT2D eigenvalue weighted by Gasteiger charge is -2.16. The van der Waals surface area contributed by atoms with Crippen LogP contribution in [0.2, 0.25) is 10.0 Å². The van der Waals surface area contributed by atoms with Gasteiger partial charge in [0, 0.05) is 15.6 Å². The van der Waals surface area contributed by atoms with E-state index in [0.29, 0.717) is 26.9 Å². The third-order valence-electron chi connectivity index (χ3n) is 3.79. The van der Waals surface area contributed by atoms with Gasteiger partial charge in [-0.1, -0.05) is 29.3 Å². The molecule has 1 N–H and O–H groups in total. The fraction of sp³-hybridized carbons (Fsp3) is 0.250. The quantitative estimate of drug-likeness (QED) is 0.512. The molecule has 0 aliphatic heterocycles. The Morgan fingerprint density at radius 1 is 1.04 bits per heavy atom. The second-order valence-electron chi connectivity index (χ2n) is 5.98. The van der Waals surface area contributed by atoms with Crippen molar-refractivity contribution in [1.29, 1.82) is 0 Å². The van der Waals surface area contributed by atoms with Crippen LogP contribution in [0.4, 0.5) is 0 Å². The van der Waals surface area contributed by atoms with E-state index in [1.165, 1.54) is 6.92 Å². The Morgan fingerprint density at radius 3 is 2.32 bits per heavy atom. The minimum Gasteiger partial charge on any atom is -0.482 e. The summed E-state index contributed by atoms with van der Waals surface area (Å²) < 4.78 is 10.2. The molecule has 0 saturated heterocycles. The normalized spacial score (nSPS) is 11.4. The summed E-state index contributed by atoms with van der Waals surface area (Å²) >= 11 is 12.0. The van der Waals surface area contributed by atoms with Gasteiger partial charge < -0.3 is 14.8 Å². The fourth-order valence-electron chi connectivity index (χ4n) is 2.33. The van der Waals surface area contributed by atoms with Crippen molar-refractivity contribution in [2.45, 2.75) is 19.9 Å². The number of amides is 1. The number of nitrogens with one attached hydrogen (secondary N) is 1. The van der Waals surface area contributed by atoms with Crippen LogP contribution in [0.25, 0.3) is 0 Å². The van der Waals surface area contributed by atoms with Crippen molar-refractivity contribution in [3.63, 3.8) is 0 Å². The zero-order valence-corrected chi connectivity index (χ0v) is 16.8. The molecule has 0 aromatic heterocycles. The highest BCUT2D eigenvalue weighted by atomic mass is 35.5. The summed E-state index contributed by atoms with van der Waals surface area (Å²) in [4.78, 5) is 34.9. The third kappa shape index (κ3) is 6.55. The van der Waals surface area contributed by atoms with Gasteiger partial charge >= 0.3 is 5.97 Å². The number of benzene rings is 2. The third-order valence-corrected chi connectivity index (χ3v) is 4.35. The highest BCUT2D eigenvalue weighted by molar-refractivity contribution is 6.35. The lowest BCUT2D eigenvalue weighted by Crippen LogP contribution is -2.32. The van der Waals surface area contributed by atoms with Gasteiger partial charge in [0.25, 0.3) is 5.91 Å². The molecule has 0 aliphatic carbocycles. The topological polar surface area (TPSA) is 81.7 Å². The molecule has 1 unspecified atom stereocenters. The van der Waals surface area contributed by atoms with Crippen LogP contribution in [-0.4, -0.2) is 30.9 Å². The minimum atomic E-state index is -0.692. The molecule has 0 fully saturated rings. The molecule has 2 rings (SSSR count). The van der Waals surface area contributed by atoms with Crippen LogP contribution in [0.1, 0.15) is 35.8 Å². The van der Waals surface area contributed by atoms with E-state index in [0.717, 1.165) is 0 Å². The van der Waals surface area contributed by atoms with E-state index >= 15 is 0 Å². The number of ether oxygens (including phenoxy) is 2. The van der Waals surface area contributed by atoms with Gasteiger partial charge in [0.1, 0.15) is 5.75 Å². The molecule has 148 valence electrons. The van der Waals surface area contributed by atoms with Crippen LogP contribution in [0.3, 0.4) is 0 Å². The van der Waals surface area contributed by atoms with Crippen LogP contribution in [0, 0.1) is 0 Å². The average molecular weight is 424 g/mol. The highest BCUT2D eigenvalue weighted by Gasteiger charge is 2.15. The number of Topliss-reactive ketones (excluding diaryl/α,β-unsaturated/α-hetero) is 1. The van der Waals surface area contributed by atoms with E-state index < -0.39 is 18.5 Å². The lowest BCUT2D eigenvalue weighted by atomic mass is 10.1. The van der Waals surface area contributed by atoms with Crippen molar-refractivity contribution in [3.8, 4) is 5.75 Å². The SMILES string of the molecule is CC(=O)c1ccc(OCC(=O)OCC(=O)NC(C)c2ccc(Cl)cc2Cl)cc1. The summed E-state index contributed by atoms with van der Waals surface area (Å²) in [5.41, 5.74) is 1.24. The number of ketones is 1. The number of carbonyl (C=O) groups is 3. The highest BCUT2D eigenvalue weighted by Crippen LogP contribution is 2.26. The predicted octanol–water partition coefficient (Wildman–Crippen LogP) is 4.00. The maximum atomic E-state index is 12.0. The van der Waals surface area contributed by atoms with Crippen molar-refractivity contribution in [1.82, 2.24) is 5.32 Å². The zero-order valence-electron chi connectivity index (χ0n) is 15.3. The molecule has 6 nitrogen and oxygen atoms in total. The van der Waals surface area contributed by atoms with Gasteiger partial charge in [0.2, 0.25) is 0 Å². The summed E-state index contributed by atoms with van der Waals surface area (Å²) in [7, 11) is 0. The molecule has 0 radical (unpaired) electrons. The number of hydrogen-bond acceptors (Lipinski definition) is 5. The van der Waals surface area contributed by atoms with E-state index in [4.69, 9.17) is 32.7 Å². The van der Waals surface area contributed by atoms with Crippen LogP contribution >= 0.6 is 23.2 Å². The molecular formula is C20H19Cl2NO5. The second kappa shape index (κ2) is 10.1. The Bertz CT molecular complexity index is 867. The standard InChI is InChI=1S/C20H19Cl2NO5/c1-12(17-8-5-15(21)9-18(17)22)23-19(25)10-28-20(26)11-27-16-6-3-14(4-7-16)13(2)24/h3-9,12H,10-11H2,1-2H3,(H,23,25). The van der Waals surface area contributed by atoms with E-state index in [1.54, 1.807) is 49.4 Å². The van der Waals surface area contributed by atoms with Crippen molar-refractivity contribution in [2.24, 2.45) is 0 Å². The smallest absolute Gasteiger partial charge is 0.344 e. The molecule has 0 spiro atoms. The summed E-state index contributed by atoms with van der Waals surface area (Å²) in [5, 5.41) is 3.62. The summed E-state index contributed by atoms with van der Waals surface area (Å²) in [6.45, 7) is 2.41. The lowest BCUT2D eigenvalue weighted by molar-refractivity contribution is -0.150. The van der Waals surface area contributed by atoms with E-state index in [9.17, 15) is 14.4 Å². The Balaban J connectivity index is 1.75.